The van der Waals surface area contributed by atoms with Gasteiger partial charge in [-0.15, -0.1) is 0 Å². The Morgan fingerprint density at radius 2 is 0.981 bits per heavy atom. The van der Waals surface area contributed by atoms with Gasteiger partial charge in [-0.1, -0.05) is 11.6 Å². The molecule has 0 saturated carbocycles. The quantitative estimate of drug-likeness (QED) is 0.0961. The highest BCUT2D eigenvalue weighted by molar-refractivity contribution is 7.94. The van der Waals surface area contributed by atoms with E-state index < -0.39 is 55.0 Å². The molecule has 0 spiro atoms. The number of hydrogen-bond acceptors (Lipinski definition) is 22. The molecule has 6 saturated heterocycles. The SMILES string of the molecule is CCOc1ncccc1[C@]1(NC(=O)N2CCC(N3CCN(C4COC4)CC3)CC2)C(=O)N(S(=O)(=O)c2ccc(OC)cc2)c2ccc(C#N)cc21.CCOc1ncccc1[C@]1(NC(=O)N2CCC(N3CCN(C4COC4)CC3)CC2)C(=O)N(S(=O)(=O)c2ccc(OC)cc2OC)c2ccc(Cl)cc21. The van der Waals surface area contributed by atoms with Crippen LogP contribution in [0.15, 0.2) is 125 Å². The number of carbonyl (C=O) groups excluding carboxylic acids is 4. The van der Waals surface area contributed by atoms with Gasteiger partial charge in [0.2, 0.25) is 11.8 Å². The number of benzene rings is 4. The Labute approximate surface area is 604 Å². The number of likely N-dealkylation sites (tertiary alicyclic amines) is 2. The van der Waals surface area contributed by atoms with Gasteiger partial charge in [-0.2, -0.15) is 13.9 Å². The molecule has 546 valence electrons. The number of ether oxygens (including phenoxy) is 7. The third-order valence-corrected chi connectivity index (χ3v) is 24.5. The molecule has 14 rings (SSSR count). The number of nitrogens with one attached hydrogen (secondary N) is 2. The number of carbonyl (C=O) groups is 4. The standard InChI is InChI=1S/C36H43ClN6O8S.C36H41N7O7S/c1-4-51-33-28(6-5-13-38-33)36(39-35(45)42-14-11-25(12-15-42)40-16-18-41(19-17-40)26-22-50-23-26)29-20-24(37)7-9-30(29)43(34(36)44)52(46,47)32-10-8-27(48-2)21-31(32)49-3;1-3-50-33-30(5-4-14-38-33)36(39-35(45)42-15-12-26(13-16-42)40-17-19-41(20-18-40)27-23-49-24-27)31-21-25(22-37)6-11-32(31)43(34(36)44)51(46,47)29-9-7-28(48-2)8-10-29/h5-10,13,20-21,25-26H,4,11-12,14-19,22-23H2,1-3H3,(H,39,45);4-11,14,21,26-27H,3,12-13,15-20,23-24H2,1-2H3,(H,39,45)/t2*36-/m11/s1. The molecular formula is C72H84ClN13O15S2. The smallest absolute Gasteiger partial charge is 0.318 e. The summed E-state index contributed by atoms with van der Waals surface area (Å²) in [6.45, 7) is 16.8. The van der Waals surface area contributed by atoms with Gasteiger partial charge >= 0.3 is 12.1 Å². The number of nitrogens with zero attached hydrogens (tertiary/aromatic N) is 11. The lowest BCUT2D eigenvalue weighted by Crippen LogP contribution is -2.61. The van der Waals surface area contributed by atoms with E-state index in [1.54, 1.807) is 47.9 Å². The van der Waals surface area contributed by atoms with Gasteiger partial charge in [0.05, 0.1) is 112 Å². The number of hydrogen-bond donors (Lipinski definition) is 2. The average molecular weight is 1470 g/mol. The van der Waals surface area contributed by atoms with Crippen LogP contribution in [0.3, 0.4) is 0 Å². The van der Waals surface area contributed by atoms with Gasteiger partial charge in [-0.05, 0) is 137 Å². The Bertz CT molecular complexity index is 4420. The fourth-order valence-electron chi connectivity index (χ4n) is 15.1. The summed E-state index contributed by atoms with van der Waals surface area (Å²) in [7, 11) is -4.95. The number of urea groups is 2. The maximum absolute atomic E-state index is 15.2. The second-order valence-electron chi connectivity index (χ2n) is 26.2. The van der Waals surface area contributed by atoms with Crippen molar-refractivity contribution in [1.82, 2.24) is 50.0 Å². The molecule has 6 fully saturated rings. The minimum atomic E-state index is -4.66. The highest BCUT2D eigenvalue weighted by Gasteiger charge is 2.61. The summed E-state index contributed by atoms with van der Waals surface area (Å²) in [6.07, 6.45) is 6.03. The van der Waals surface area contributed by atoms with Crippen LogP contribution in [0.5, 0.6) is 29.0 Å². The van der Waals surface area contributed by atoms with Crippen LogP contribution in [0, 0.1) is 11.3 Å². The average Bonchev–Trinajstić information content (AvgIpc) is 1.55. The van der Waals surface area contributed by atoms with Crippen molar-refractivity contribution in [3.05, 3.63) is 148 Å². The van der Waals surface area contributed by atoms with Gasteiger partial charge in [0, 0.05) is 125 Å². The number of aromatic nitrogens is 2. The van der Waals surface area contributed by atoms with Crippen LogP contribution >= 0.6 is 11.6 Å². The zero-order valence-corrected chi connectivity index (χ0v) is 60.5. The predicted octanol–water partition coefficient (Wildman–Crippen LogP) is 5.85. The number of halogens is 1. The molecule has 0 aliphatic carbocycles. The molecule has 2 N–H and O–H groups in total. The van der Waals surface area contributed by atoms with Crippen LogP contribution in [0.4, 0.5) is 21.0 Å². The zero-order chi connectivity index (χ0) is 72.4. The van der Waals surface area contributed by atoms with Crippen molar-refractivity contribution < 1.29 is 69.2 Å². The Hall–Kier alpha value is -8.90. The van der Waals surface area contributed by atoms with Crippen molar-refractivity contribution in [1.29, 1.82) is 5.26 Å². The number of piperazine rings is 2. The largest absolute Gasteiger partial charge is 0.497 e. The van der Waals surface area contributed by atoms with Crippen LogP contribution in [0.2, 0.25) is 5.02 Å². The first kappa shape index (κ1) is 72.5. The highest BCUT2D eigenvalue weighted by Crippen LogP contribution is 2.52. The molecule has 4 aromatic carbocycles. The van der Waals surface area contributed by atoms with Gasteiger partial charge in [-0.25, -0.2) is 36.4 Å². The molecule has 2 aromatic heterocycles. The molecule has 6 amide bonds. The topological polar surface area (TPSA) is 301 Å². The number of rotatable bonds is 19. The fourth-order valence-corrected chi connectivity index (χ4v) is 18.4. The molecule has 2 atom stereocenters. The molecule has 0 unspecified atom stereocenters. The van der Waals surface area contributed by atoms with E-state index >= 15 is 9.59 Å². The monoisotopic (exact) mass is 1470 g/mol. The first-order chi connectivity index (χ1) is 49.8. The number of anilines is 2. The van der Waals surface area contributed by atoms with Gasteiger partial charge in [0.15, 0.2) is 11.1 Å². The number of nitriles is 1. The van der Waals surface area contributed by atoms with E-state index in [1.165, 1.54) is 113 Å². The molecule has 8 aliphatic rings. The number of amides is 6. The Morgan fingerprint density at radius 1 is 0.544 bits per heavy atom. The molecule has 0 radical (unpaired) electrons. The third kappa shape index (κ3) is 13.6. The first-order valence-corrected chi connectivity index (χ1v) is 37.9. The lowest BCUT2D eigenvalue weighted by molar-refractivity contribution is -0.122. The molecule has 10 heterocycles. The third-order valence-electron chi connectivity index (χ3n) is 20.8. The van der Waals surface area contributed by atoms with Crippen molar-refractivity contribution in [3.63, 3.8) is 0 Å². The summed E-state index contributed by atoms with van der Waals surface area (Å²) in [5.74, 6) is -1.00. The van der Waals surface area contributed by atoms with Gasteiger partial charge in [0.25, 0.3) is 31.9 Å². The lowest BCUT2D eigenvalue weighted by atomic mass is 9.83. The minimum absolute atomic E-state index is 0.00716. The summed E-state index contributed by atoms with van der Waals surface area (Å²) in [6, 6.07) is 27.7. The number of fused-ring (bicyclic) bond motifs is 2. The molecule has 0 bridgehead atoms. The number of piperidine rings is 2. The molecule has 103 heavy (non-hydrogen) atoms. The minimum Gasteiger partial charge on any atom is -0.497 e. The van der Waals surface area contributed by atoms with Crippen LogP contribution in [-0.2, 0) is 50.2 Å². The lowest BCUT2D eigenvalue weighted by Gasteiger charge is -2.46. The van der Waals surface area contributed by atoms with Gasteiger partial charge < -0.3 is 53.6 Å². The number of sulfonamides is 2. The van der Waals surface area contributed by atoms with Crippen molar-refractivity contribution in [2.24, 2.45) is 0 Å². The van der Waals surface area contributed by atoms with Crippen LogP contribution in [0.1, 0.15) is 67.3 Å². The molecule has 31 heteroatoms. The van der Waals surface area contributed by atoms with E-state index in [-0.39, 0.29) is 84.7 Å². The van der Waals surface area contributed by atoms with E-state index in [0.717, 1.165) is 104 Å². The Morgan fingerprint density at radius 3 is 1.41 bits per heavy atom. The molecular weight excluding hydrogens is 1390 g/mol. The normalized spacial score (nSPS) is 21.8. The first-order valence-electron chi connectivity index (χ1n) is 34.7. The number of pyridine rings is 2. The van der Waals surface area contributed by atoms with E-state index in [1.807, 2.05) is 0 Å². The van der Waals surface area contributed by atoms with E-state index in [0.29, 0.717) is 70.5 Å². The van der Waals surface area contributed by atoms with Crippen LogP contribution < -0.4 is 42.9 Å². The second-order valence-corrected chi connectivity index (χ2v) is 30.2. The van der Waals surface area contributed by atoms with Crippen molar-refractivity contribution in [3.8, 4) is 35.1 Å². The number of methoxy groups -OCH3 is 3. The molecule has 8 aliphatic heterocycles. The molecule has 28 nitrogen and oxygen atoms in total. The van der Waals surface area contributed by atoms with E-state index in [9.17, 15) is 31.7 Å². The fraction of sp³-hybridized carbons (Fsp3) is 0.458. The van der Waals surface area contributed by atoms with E-state index in [2.05, 4.69) is 46.3 Å². The van der Waals surface area contributed by atoms with Crippen LogP contribution in [0.25, 0.3) is 0 Å². The molecule has 6 aromatic rings. The van der Waals surface area contributed by atoms with Crippen molar-refractivity contribution in [2.45, 2.75) is 84.6 Å². The van der Waals surface area contributed by atoms with Crippen molar-refractivity contribution in [2.75, 3.05) is 148 Å². The Balaban J connectivity index is 0.000000183. The summed E-state index contributed by atoms with van der Waals surface area (Å²) in [5, 5.41) is 16.1. The summed E-state index contributed by atoms with van der Waals surface area (Å²) in [4.78, 5) is 80.7. The Kier molecular flexibility index (Phi) is 21.4. The van der Waals surface area contributed by atoms with Crippen molar-refractivity contribution >= 4 is 66.9 Å². The maximum Gasteiger partial charge on any atom is 0.318 e. The summed E-state index contributed by atoms with van der Waals surface area (Å²) in [5.41, 5.74) is -3.38. The van der Waals surface area contributed by atoms with Gasteiger partial charge in [0.1, 0.15) is 22.1 Å². The van der Waals surface area contributed by atoms with E-state index in [4.69, 9.17) is 44.8 Å². The van der Waals surface area contributed by atoms with Crippen LogP contribution in [-0.4, -0.2) is 244 Å². The summed E-state index contributed by atoms with van der Waals surface area (Å²) >= 11 is 6.56. The second kappa shape index (κ2) is 30.4. The van der Waals surface area contributed by atoms with Gasteiger partial charge in [-0.3, -0.25) is 29.2 Å². The zero-order valence-electron chi connectivity index (χ0n) is 58.1. The maximum atomic E-state index is 15.2. The highest BCUT2D eigenvalue weighted by atomic mass is 35.5. The summed E-state index contributed by atoms with van der Waals surface area (Å²) < 4.78 is 97.8. The predicted molar refractivity (Wildman–Crippen MR) is 379 cm³/mol.